The normalized spacial score (nSPS) is 18.1. The average molecular weight is 357 g/mol. The standard InChI is InChI=1S/C16H25BrN2O2/c1-19(12-15-4-3-8-21-15)16-6-5-14(17)10-13(16)11-18-7-9-20-2/h5-6,10,15,18H,3-4,7-9,11-12H2,1-2H3. The number of hydrogen-bond donors (Lipinski definition) is 1. The van der Waals surface area contributed by atoms with Gasteiger partial charge in [-0.15, -0.1) is 0 Å². The Balaban J connectivity index is 1.98. The summed E-state index contributed by atoms with van der Waals surface area (Å²) in [6.07, 6.45) is 2.72. The first-order valence-electron chi connectivity index (χ1n) is 7.51. The second-order valence-electron chi connectivity index (χ2n) is 5.46. The van der Waals surface area contributed by atoms with Gasteiger partial charge in [0.15, 0.2) is 0 Å². The lowest BCUT2D eigenvalue weighted by atomic mass is 10.1. The molecule has 0 radical (unpaired) electrons. The van der Waals surface area contributed by atoms with Crippen LogP contribution in [0.4, 0.5) is 5.69 Å². The fourth-order valence-electron chi connectivity index (χ4n) is 2.66. The number of ether oxygens (including phenoxy) is 2. The Bertz CT molecular complexity index is 436. The van der Waals surface area contributed by atoms with E-state index in [1.807, 2.05) is 0 Å². The minimum atomic E-state index is 0.368. The second-order valence-corrected chi connectivity index (χ2v) is 6.37. The van der Waals surface area contributed by atoms with E-state index >= 15 is 0 Å². The molecular weight excluding hydrogens is 332 g/mol. The molecule has 1 saturated heterocycles. The molecule has 118 valence electrons. The van der Waals surface area contributed by atoms with E-state index in [1.165, 1.54) is 24.1 Å². The summed E-state index contributed by atoms with van der Waals surface area (Å²) >= 11 is 3.56. The maximum Gasteiger partial charge on any atom is 0.0750 e. The Morgan fingerprint density at radius 1 is 1.48 bits per heavy atom. The lowest BCUT2D eigenvalue weighted by Gasteiger charge is -2.25. The van der Waals surface area contributed by atoms with Gasteiger partial charge in [0, 0.05) is 50.6 Å². The first-order valence-corrected chi connectivity index (χ1v) is 8.31. The fourth-order valence-corrected chi connectivity index (χ4v) is 3.07. The van der Waals surface area contributed by atoms with Crippen LogP contribution >= 0.6 is 15.9 Å². The Morgan fingerprint density at radius 3 is 3.05 bits per heavy atom. The molecule has 0 aliphatic carbocycles. The number of likely N-dealkylation sites (N-methyl/N-ethyl adjacent to an activating group) is 1. The molecule has 21 heavy (non-hydrogen) atoms. The van der Waals surface area contributed by atoms with E-state index in [9.17, 15) is 0 Å². The molecule has 0 saturated carbocycles. The third-order valence-electron chi connectivity index (χ3n) is 3.75. The number of nitrogens with zero attached hydrogens (tertiary/aromatic N) is 1. The Hall–Kier alpha value is -0.620. The molecule has 1 atom stereocenters. The van der Waals surface area contributed by atoms with Gasteiger partial charge >= 0.3 is 0 Å². The summed E-state index contributed by atoms with van der Waals surface area (Å²) in [6.45, 7) is 4.29. The maximum atomic E-state index is 5.74. The van der Waals surface area contributed by atoms with Crippen LogP contribution in [0.1, 0.15) is 18.4 Å². The molecule has 1 fully saturated rings. The monoisotopic (exact) mass is 356 g/mol. The minimum absolute atomic E-state index is 0.368. The molecule has 1 aromatic carbocycles. The molecule has 0 bridgehead atoms. The van der Waals surface area contributed by atoms with Crippen molar-refractivity contribution < 1.29 is 9.47 Å². The highest BCUT2D eigenvalue weighted by Crippen LogP contribution is 2.25. The highest BCUT2D eigenvalue weighted by molar-refractivity contribution is 9.10. The number of benzene rings is 1. The molecule has 0 amide bonds. The molecule has 1 aromatic rings. The molecule has 4 nitrogen and oxygen atoms in total. The largest absolute Gasteiger partial charge is 0.383 e. The Kier molecular flexibility index (Phi) is 6.96. The number of anilines is 1. The molecule has 0 spiro atoms. The van der Waals surface area contributed by atoms with Crippen LogP contribution < -0.4 is 10.2 Å². The van der Waals surface area contributed by atoms with E-state index < -0.39 is 0 Å². The van der Waals surface area contributed by atoms with Crippen LogP contribution in [0, 0.1) is 0 Å². The van der Waals surface area contributed by atoms with Gasteiger partial charge in [0.25, 0.3) is 0 Å². The van der Waals surface area contributed by atoms with Crippen molar-refractivity contribution in [1.82, 2.24) is 5.32 Å². The number of nitrogens with one attached hydrogen (secondary N) is 1. The fraction of sp³-hybridized carbons (Fsp3) is 0.625. The summed E-state index contributed by atoms with van der Waals surface area (Å²) in [6, 6.07) is 6.45. The number of rotatable bonds is 8. The molecule has 1 unspecified atom stereocenters. The number of methoxy groups -OCH3 is 1. The molecule has 1 heterocycles. The Morgan fingerprint density at radius 2 is 2.33 bits per heavy atom. The third-order valence-corrected chi connectivity index (χ3v) is 4.25. The predicted molar refractivity (Wildman–Crippen MR) is 90.0 cm³/mol. The Labute approximate surface area is 135 Å². The third kappa shape index (κ3) is 5.25. The van der Waals surface area contributed by atoms with E-state index in [0.717, 1.165) is 37.3 Å². The van der Waals surface area contributed by atoms with Crippen molar-refractivity contribution in [2.75, 3.05) is 45.4 Å². The summed E-state index contributed by atoms with van der Waals surface area (Å²) in [5, 5.41) is 3.41. The van der Waals surface area contributed by atoms with Crippen LogP contribution in [0.15, 0.2) is 22.7 Å². The molecule has 0 aromatic heterocycles. The zero-order chi connectivity index (χ0) is 15.1. The van der Waals surface area contributed by atoms with E-state index in [4.69, 9.17) is 9.47 Å². The van der Waals surface area contributed by atoms with Crippen molar-refractivity contribution in [3.8, 4) is 0 Å². The zero-order valence-electron chi connectivity index (χ0n) is 12.9. The van der Waals surface area contributed by atoms with Crippen molar-refractivity contribution in [2.24, 2.45) is 0 Å². The highest BCUT2D eigenvalue weighted by Gasteiger charge is 2.18. The van der Waals surface area contributed by atoms with E-state index in [0.29, 0.717) is 6.10 Å². The van der Waals surface area contributed by atoms with Gasteiger partial charge in [-0.3, -0.25) is 0 Å². The maximum absolute atomic E-state index is 5.74. The van der Waals surface area contributed by atoms with Gasteiger partial charge in [-0.05, 0) is 36.6 Å². The minimum Gasteiger partial charge on any atom is -0.383 e. The molecule has 5 heteroatoms. The van der Waals surface area contributed by atoms with Crippen molar-refractivity contribution in [2.45, 2.75) is 25.5 Å². The SMILES string of the molecule is COCCNCc1cc(Br)ccc1N(C)CC1CCCO1. The van der Waals surface area contributed by atoms with Crippen molar-refractivity contribution >= 4 is 21.6 Å². The topological polar surface area (TPSA) is 33.7 Å². The van der Waals surface area contributed by atoms with Gasteiger partial charge in [0.2, 0.25) is 0 Å². The highest BCUT2D eigenvalue weighted by atomic mass is 79.9. The van der Waals surface area contributed by atoms with Gasteiger partial charge in [-0.25, -0.2) is 0 Å². The number of hydrogen-bond acceptors (Lipinski definition) is 4. The molecule has 1 aliphatic heterocycles. The quantitative estimate of drug-likeness (QED) is 0.726. The van der Waals surface area contributed by atoms with Crippen molar-refractivity contribution in [1.29, 1.82) is 0 Å². The predicted octanol–water partition coefficient (Wildman–Crippen LogP) is 2.80. The summed E-state index contributed by atoms with van der Waals surface area (Å²) in [5.41, 5.74) is 2.56. The van der Waals surface area contributed by atoms with Crippen LogP contribution in [0.3, 0.4) is 0 Å². The first-order chi connectivity index (χ1) is 10.2. The van der Waals surface area contributed by atoms with Crippen LogP contribution in [-0.4, -0.2) is 46.6 Å². The molecule has 2 rings (SSSR count). The van der Waals surface area contributed by atoms with Crippen LogP contribution in [-0.2, 0) is 16.0 Å². The zero-order valence-corrected chi connectivity index (χ0v) is 14.5. The van der Waals surface area contributed by atoms with E-state index in [1.54, 1.807) is 7.11 Å². The summed E-state index contributed by atoms with van der Waals surface area (Å²) in [4.78, 5) is 2.30. The summed E-state index contributed by atoms with van der Waals surface area (Å²) in [7, 11) is 3.87. The van der Waals surface area contributed by atoms with Gasteiger partial charge in [-0.2, -0.15) is 0 Å². The summed E-state index contributed by atoms with van der Waals surface area (Å²) < 4.78 is 11.9. The smallest absolute Gasteiger partial charge is 0.0750 e. The molecule has 1 N–H and O–H groups in total. The first kappa shape index (κ1) is 16.7. The van der Waals surface area contributed by atoms with Crippen LogP contribution in [0.5, 0.6) is 0 Å². The lowest BCUT2D eigenvalue weighted by molar-refractivity contribution is 0.116. The lowest BCUT2D eigenvalue weighted by Crippen LogP contribution is -2.30. The van der Waals surface area contributed by atoms with E-state index in [2.05, 4.69) is 51.4 Å². The summed E-state index contributed by atoms with van der Waals surface area (Å²) in [5.74, 6) is 0. The van der Waals surface area contributed by atoms with E-state index in [-0.39, 0.29) is 0 Å². The van der Waals surface area contributed by atoms with Gasteiger partial charge in [-0.1, -0.05) is 15.9 Å². The molecule has 1 aliphatic rings. The van der Waals surface area contributed by atoms with Gasteiger partial charge in [0.1, 0.15) is 0 Å². The van der Waals surface area contributed by atoms with Crippen molar-refractivity contribution in [3.05, 3.63) is 28.2 Å². The van der Waals surface area contributed by atoms with Crippen molar-refractivity contribution in [3.63, 3.8) is 0 Å². The van der Waals surface area contributed by atoms with Gasteiger partial charge < -0.3 is 19.7 Å². The second kappa shape index (κ2) is 8.73. The molecular formula is C16H25BrN2O2. The average Bonchev–Trinajstić information content (AvgIpc) is 2.96. The van der Waals surface area contributed by atoms with Crippen LogP contribution in [0.2, 0.25) is 0 Å². The number of halogens is 1. The van der Waals surface area contributed by atoms with Gasteiger partial charge in [0.05, 0.1) is 12.7 Å². The van der Waals surface area contributed by atoms with Crippen LogP contribution in [0.25, 0.3) is 0 Å².